The van der Waals surface area contributed by atoms with Crippen LogP contribution in [0.5, 0.6) is 11.5 Å². The van der Waals surface area contributed by atoms with Crippen molar-refractivity contribution in [3.63, 3.8) is 0 Å². The molecular weight excluding hydrogens is 540 g/mol. The number of carbonyl (C=O) groups is 2. The van der Waals surface area contributed by atoms with Crippen LogP contribution < -0.4 is 19.3 Å². The average molecular weight is 569 g/mol. The molecule has 1 fully saturated rings. The van der Waals surface area contributed by atoms with Gasteiger partial charge in [-0.2, -0.15) is 0 Å². The first-order valence-electron chi connectivity index (χ1n) is 12.0. The lowest BCUT2D eigenvalue weighted by Gasteiger charge is -2.31. The van der Waals surface area contributed by atoms with Crippen LogP contribution in [-0.2, 0) is 11.3 Å². The molecule has 194 valence electrons. The van der Waals surface area contributed by atoms with Crippen LogP contribution in [0.15, 0.2) is 65.1 Å². The van der Waals surface area contributed by atoms with Gasteiger partial charge in [-0.3, -0.25) is 4.79 Å². The number of benzene rings is 3. The molecule has 0 atom stereocenters. The van der Waals surface area contributed by atoms with E-state index in [0.717, 1.165) is 5.56 Å². The molecule has 0 unspecified atom stereocenters. The summed E-state index contributed by atoms with van der Waals surface area (Å²) in [5.41, 5.74) is 2.50. The second-order valence-corrected chi connectivity index (χ2v) is 9.26. The minimum atomic E-state index is -1.05. The van der Waals surface area contributed by atoms with Crippen molar-refractivity contribution in [3.05, 3.63) is 81.8 Å². The van der Waals surface area contributed by atoms with Gasteiger partial charge < -0.3 is 29.1 Å². The number of anilines is 2. The van der Waals surface area contributed by atoms with Crippen LogP contribution in [0.4, 0.5) is 11.4 Å². The number of ether oxygens (including phenoxy) is 3. The third kappa shape index (κ3) is 6.06. The number of halogens is 1. The molecule has 8 nitrogen and oxygen atoms in total. The van der Waals surface area contributed by atoms with Crippen LogP contribution in [0.2, 0.25) is 0 Å². The molecule has 0 radical (unpaired) electrons. The second-order valence-electron chi connectivity index (χ2n) is 8.41. The van der Waals surface area contributed by atoms with Crippen molar-refractivity contribution in [1.82, 2.24) is 0 Å². The zero-order valence-corrected chi connectivity index (χ0v) is 22.4. The lowest BCUT2D eigenvalue weighted by Crippen LogP contribution is -2.37. The standard InChI is InChI=1S/C28H29BrN2O6/c1-3-37-26-23(29)15-19(16-25(26)35-2)18-31(27(32)20-7-5-4-6-8-20)21-9-10-24(22(17-21)28(33)34)30-11-13-36-14-12-30/h4-10,15-17H,3,11-14,18H2,1-2H3,(H,33,34). The molecule has 0 spiro atoms. The van der Waals surface area contributed by atoms with Gasteiger partial charge in [-0.15, -0.1) is 0 Å². The van der Waals surface area contributed by atoms with Gasteiger partial charge in [-0.25, -0.2) is 4.79 Å². The highest BCUT2D eigenvalue weighted by molar-refractivity contribution is 9.10. The molecule has 9 heteroatoms. The number of morpholine rings is 1. The number of aromatic carboxylic acids is 1. The molecule has 4 rings (SSSR count). The van der Waals surface area contributed by atoms with E-state index in [0.29, 0.717) is 65.8 Å². The van der Waals surface area contributed by atoms with Gasteiger partial charge in [0.25, 0.3) is 5.91 Å². The normalized spacial score (nSPS) is 13.2. The SMILES string of the molecule is CCOc1c(Br)cc(CN(C(=O)c2ccccc2)c2ccc(N3CCOCC3)c(C(=O)O)c2)cc1OC. The Morgan fingerprint density at radius 3 is 2.46 bits per heavy atom. The first kappa shape index (κ1) is 26.5. The predicted octanol–water partition coefficient (Wildman–Crippen LogP) is 5.24. The van der Waals surface area contributed by atoms with Crippen molar-refractivity contribution >= 4 is 39.2 Å². The Morgan fingerprint density at radius 1 is 1.08 bits per heavy atom. The van der Waals surface area contributed by atoms with E-state index in [2.05, 4.69) is 15.9 Å². The molecule has 1 heterocycles. The van der Waals surface area contributed by atoms with E-state index < -0.39 is 5.97 Å². The molecular formula is C28H29BrN2O6. The Balaban J connectivity index is 1.77. The quantitative estimate of drug-likeness (QED) is 0.377. The molecule has 1 saturated heterocycles. The first-order chi connectivity index (χ1) is 17.9. The number of methoxy groups -OCH3 is 1. The smallest absolute Gasteiger partial charge is 0.337 e. The summed E-state index contributed by atoms with van der Waals surface area (Å²) in [6.45, 7) is 4.83. The monoisotopic (exact) mass is 568 g/mol. The van der Waals surface area contributed by atoms with Gasteiger partial charge in [0.05, 0.1) is 49.2 Å². The maximum absolute atomic E-state index is 13.7. The summed E-state index contributed by atoms with van der Waals surface area (Å²) in [4.78, 5) is 29.5. The summed E-state index contributed by atoms with van der Waals surface area (Å²) in [5.74, 6) is -0.189. The number of carboxylic acid groups (broad SMARTS) is 1. The van der Waals surface area contributed by atoms with Gasteiger partial charge in [-0.05, 0) is 70.9 Å². The molecule has 0 aliphatic carbocycles. The number of carboxylic acids is 1. The maximum Gasteiger partial charge on any atom is 0.337 e. The molecule has 1 amide bonds. The van der Waals surface area contributed by atoms with E-state index in [9.17, 15) is 14.7 Å². The Labute approximate surface area is 224 Å². The van der Waals surface area contributed by atoms with Gasteiger partial charge >= 0.3 is 5.97 Å². The van der Waals surface area contributed by atoms with Crippen molar-refractivity contribution in [2.45, 2.75) is 13.5 Å². The highest BCUT2D eigenvalue weighted by Gasteiger charge is 2.24. The Bertz CT molecular complexity index is 1260. The van der Waals surface area contributed by atoms with E-state index in [4.69, 9.17) is 14.2 Å². The predicted molar refractivity (Wildman–Crippen MR) is 145 cm³/mol. The number of nitrogens with zero attached hydrogens (tertiary/aromatic N) is 2. The molecule has 37 heavy (non-hydrogen) atoms. The summed E-state index contributed by atoms with van der Waals surface area (Å²) < 4.78 is 17.4. The topological polar surface area (TPSA) is 88.5 Å². The lowest BCUT2D eigenvalue weighted by atomic mass is 10.1. The molecule has 3 aromatic rings. The third-order valence-corrected chi connectivity index (χ3v) is 6.65. The number of amides is 1. The number of carbonyl (C=O) groups excluding carboxylic acids is 1. The van der Waals surface area contributed by atoms with Crippen LogP contribution in [0.25, 0.3) is 0 Å². The van der Waals surface area contributed by atoms with Crippen LogP contribution in [0.3, 0.4) is 0 Å². The highest BCUT2D eigenvalue weighted by Crippen LogP contribution is 2.38. The number of rotatable bonds is 9. The fourth-order valence-electron chi connectivity index (χ4n) is 4.29. The molecule has 1 aliphatic rings. The summed E-state index contributed by atoms with van der Waals surface area (Å²) in [7, 11) is 1.56. The summed E-state index contributed by atoms with van der Waals surface area (Å²) in [6, 6.07) is 17.7. The highest BCUT2D eigenvalue weighted by atomic mass is 79.9. The van der Waals surface area contributed by atoms with E-state index in [-0.39, 0.29) is 18.0 Å². The first-order valence-corrected chi connectivity index (χ1v) is 12.8. The molecule has 0 saturated carbocycles. The molecule has 1 aliphatic heterocycles. The summed E-state index contributed by atoms with van der Waals surface area (Å²) in [5, 5.41) is 10.0. The zero-order chi connectivity index (χ0) is 26.4. The minimum Gasteiger partial charge on any atom is -0.493 e. The van der Waals surface area contributed by atoms with E-state index >= 15 is 0 Å². The van der Waals surface area contributed by atoms with Gasteiger partial charge in [0.2, 0.25) is 0 Å². The molecule has 3 aromatic carbocycles. The minimum absolute atomic E-state index is 0.135. The Hall–Kier alpha value is -3.56. The largest absolute Gasteiger partial charge is 0.493 e. The Morgan fingerprint density at radius 2 is 1.81 bits per heavy atom. The van der Waals surface area contributed by atoms with Gasteiger partial charge in [0, 0.05) is 24.3 Å². The zero-order valence-electron chi connectivity index (χ0n) is 20.8. The van der Waals surface area contributed by atoms with Crippen molar-refractivity contribution < 1.29 is 28.9 Å². The number of hydrogen-bond donors (Lipinski definition) is 1. The van der Waals surface area contributed by atoms with Crippen LogP contribution in [-0.4, -0.2) is 57.0 Å². The fourth-order valence-corrected chi connectivity index (χ4v) is 4.90. The maximum atomic E-state index is 13.7. The second kappa shape index (κ2) is 12.1. The van der Waals surface area contributed by atoms with Crippen LogP contribution in [0, 0.1) is 0 Å². The van der Waals surface area contributed by atoms with Crippen molar-refractivity contribution in [2.75, 3.05) is 49.8 Å². The molecule has 1 N–H and O–H groups in total. The van der Waals surface area contributed by atoms with Crippen LogP contribution >= 0.6 is 15.9 Å². The van der Waals surface area contributed by atoms with Crippen molar-refractivity contribution in [1.29, 1.82) is 0 Å². The van der Waals surface area contributed by atoms with Gasteiger partial charge in [-0.1, -0.05) is 18.2 Å². The lowest BCUT2D eigenvalue weighted by molar-refractivity contribution is 0.0696. The van der Waals surface area contributed by atoms with Crippen molar-refractivity contribution in [2.24, 2.45) is 0 Å². The number of hydrogen-bond acceptors (Lipinski definition) is 6. The Kier molecular flexibility index (Phi) is 8.68. The van der Waals surface area contributed by atoms with Crippen molar-refractivity contribution in [3.8, 4) is 11.5 Å². The summed E-state index contributed by atoms with van der Waals surface area (Å²) >= 11 is 3.55. The van der Waals surface area contributed by atoms with Gasteiger partial charge in [0.15, 0.2) is 11.5 Å². The van der Waals surface area contributed by atoms with E-state index in [1.165, 1.54) is 0 Å². The van der Waals surface area contributed by atoms with Crippen LogP contribution in [0.1, 0.15) is 33.2 Å². The fraction of sp³-hybridized carbons (Fsp3) is 0.286. The van der Waals surface area contributed by atoms with E-state index in [1.54, 1.807) is 54.5 Å². The molecule has 0 aromatic heterocycles. The summed E-state index contributed by atoms with van der Waals surface area (Å²) in [6.07, 6.45) is 0. The van der Waals surface area contributed by atoms with Gasteiger partial charge in [0.1, 0.15) is 0 Å². The van der Waals surface area contributed by atoms with E-state index in [1.807, 2.05) is 30.0 Å². The average Bonchev–Trinajstić information content (AvgIpc) is 2.93. The molecule has 0 bridgehead atoms. The third-order valence-electron chi connectivity index (χ3n) is 6.06.